The highest BCUT2D eigenvalue weighted by Gasteiger charge is 2.51. The summed E-state index contributed by atoms with van der Waals surface area (Å²) in [6.07, 6.45) is 7.08. The first kappa shape index (κ1) is 11.5. The van der Waals surface area contributed by atoms with Crippen LogP contribution in [0, 0.1) is 0 Å². The molecule has 1 aromatic heterocycles. The Bertz CT molecular complexity index is 520. The molecule has 2 atom stereocenters. The predicted octanol–water partition coefficient (Wildman–Crippen LogP) is 3.14. The lowest BCUT2D eigenvalue weighted by Gasteiger charge is -2.41. The van der Waals surface area contributed by atoms with Crippen molar-refractivity contribution in [2.75, 3.05) is 0 Å². The van der Waals surface area contributed by atoms with E-state index < -0.39 is 0 Å². The summed E-state index contributed by atoms with van der Waals surface area (Å²) < 4.78 is 2.05. The average Bonchev–Trinajstić information content (AvgIpc) is 3.01. The van der Waals surface area contributed by atoms with Crippen molar-refractivity contribution in [1.29, 1.82) is 0 Å². The third-order valence-electron chi connectivity index (χ3n) is 4.86. The molecule has 1 aliphatic carbocycles. The molecular weight excluding hydrogens is 222 g/mol. The minimum atomic E-state index is 0.0187. The van der Waals surface area contributed by atoms with Crippen LogP contribution in [0.4, 0.5) is 0 Å². The Kier molecular flexibility index (Phi) is 2.51. The van der Waals surface area contributed by atoms with Crippen LogP contribution in [0.5, 0.6) is 0 Å². The van der Waals surface area contributed by atoms with E-state index in [0.717, 1.165) is 6.42 Å². The number of rotatable bonds is 2. The Morgan fingerprint density at radius 1 is 1.11 bits per heavy atom. The van der Waals surface area contributed by atoms with E-state index in [1.54, 1.807) is 6.33 Å². The van der Waals surface area contributed by atoms with Crippen molar-refractivity contribution >= 4 is 0 Å². The summed E-state index contributed by atoms with van der Waals surface area (Å²) in [5, 5.41) is 4.40. The molecule has 0 spiro atoms. The van der Waals surface area contributed by atoms with Crippen molar-refractivity contribution in [2.45, 2.75) is 44.1 Å². The summed E-state index contributed by atoms with van der Waals surface area (Å²) >= 11 is 0. The SMILES string of the molecule is CC1(c2ccccc2)CCCC1(C)n1cncn1. The molecule has 1 aromatic carbocycles. The van der Waals surface area contributed by atoms with Crippen LogP contribution in [-0.4, -0.2) is 14.8 Å². The zero-order chi connectivity index (χ0) is 12.6. The van der Waals surface area contributed by atoms with Crippen molar-refractivity contribution in [3.63, 3.8) is 0 Å². The first-order valence-electron chi connectivity index (χ1n) is 6.57. The molecule has 1 aliphatic rings. The van der Waals surface area contributed by atoms with Gasteiger partial charge in [0, 0.05) is 5.41 Å². The van der Waals surface area contributed by atoms with Crippen molar-refractivity contribution in [3.8, 4) is 0 Å². The summed E-state index contributed by atoms with van der Waals surface area (Å²) in [6, 6.07) is 10.8. The molecule has 1 heterocycles. The average molecular weight is 241 g/mol. The number of benzene rings is 1. The number of hydrogen-bond donors (Lipinski definition) is 0. The Balaban J connectivity index is 2.11. The third-order valence-corrected chi connectivity index (χ3v) is 4.86. The minimum absolute atomic E-state index is 0.0187. The molecule has 1 fully saturated rings. The standard InChI is InChI=1S/C15H19N3/c1-14(13-7-4-3-5-8-13)9-6-10-15(14,2)18-12-16-11-17-18/h3-5,7-8,11-12H,6,9-10H2,1-2H3. The van der Waals surface area contributed by atoms with Gasteiger partial charge in [0.05, 0.1) is 5.54 Å². The zero-order valence-corrected chi connectivity index (χ0v) is 11.0. The van der Waals surface area contributed by atoms with Crippen molar-refractivity contribution in [1.82, 2.24) is 14.8 Å². The fourth-order valence-corrected chi connectivity index (χ4v) is 3.42. The van der Waals surface area contributed by atoms with E-state index in [2.05, 4.69) is 54.3 Å². The van der Waals surface area contributed by atoms with Crippen LogP contribution in [0.1, 0.15) is 38.7 Å². The van der Waals surface area contributed by atoms with Crippen LogP contribution in [0.3, 0.4) is 0 Å². The van der Waals surface area contributed by atoms with E-state index in [9.17, 15) is 0 Å². The summed E-state index contributed by atoms with van der Waals surface area (Å²) in [7, 11) is 0. The molecule has 94 valence electrons. The summed E-state index contributed by atoms with van der Waals surface area (Å²) in [5.74, 6) is 0. The van der Waals surface area contributed by atoms with E-state index >= 15 is 0 Å². The summed E-state index contributed by atoms with van der Waals surface area (Å²) in [6.45, 7) is 4.67. The Hall–Kier alpha value is -1.64. The van der Waals surface area contributed by atoms with Gasteiger partial charge in [-0.3, -0.25) is 0 Å². The van der Waals surface area contributed by atoms with Crippen molar-refractivity contribution in [3.05, 3.63) is 48.5 Å². The minimum Gasteiger partial charge on any atom is -0.246 e. The highest BCUT2D eigenvalue weighted by atomic mass is 15.4. The largest absolute Gasteiger partial charge is 0.246 e. The predicted molar refractivity (Wildman–Crippen MR) is 71.3 cm³/mol. The van der Waals surface area contributed by atoms with Crippen molar-refractivity contribution in [2.24, 2.45) is 0 Å². The van der Waals surface area contributed by atoms with Crippen LogP contribution < -0.4 is 0 Å². The molecule has 0 amide bonds. The molecule has 1 saturated carbocycles. The van der Waals surface area contributed by atoms with Crippen LogP contribution in [0.25, 0.3) is 0 Å². The lowest BCUT2D eigenvalue weighted by atomic mass is 9.69. The Labute approximate surface area is 108 Å². The van der Waals surface area contributed by atoms with E-state index in [1.807, 2.05) is 11.0 Å². The van der Waals surface area contributed by atoms with Gasteiger partial charge in [0.15, 0.2) is 0 Å². The van der Waals surface area contributed by atoms with Gasteiger partial charge in [0.25, 0.3) is 0 Å². The molecule has 0 radical (unpaired) electrons. The molecule has 2 aromatic rings. The van der Waals surface area contributed by atoms with E-state index in [-0.39, 0.29) is 11.0 Å². The monoisotopic (exact) mass is 241 g/mol. The molecule has 18 heavy (non-hydrogen) atoms. The van der Waals surface area contributed by atoms with Gasteiger partial charge in [-0.1, -0.05) is 43.7 Å². The first-order chi connectivity index (χ1) is 8.67. The highest BCUT2D eigenvalue weighted by Crippen LogP contribution is 2.52. The Morgan fingerprint density at radius 3 is 2.56 bits per heavy atom. The fourth-order valence-electron chi connectivity index (χ4n) is 3.42. The number of aromatic nitrogens is 3. The van der Waals surface area contributed by atoms with Gasteiger partial charge in [0.2, 0.25) is 0 Å². The maximum Gasteiger partial charge on any atom is 0.137 e. The second-order valence-electron chi connectivity index (χ2n) is 5.67. The normalized spacial score (nSPS) is 31.7. The van der Waals surface area contributed by atoms with Gasteiger partial charge in [-0.25, -0.2) is 9.67 Å². The molecular formula is C15H19N3. The Morgan fingerprint density at radius 2 is 1.89 bits per heavy atom. The fraction of sp³-hybridized carbons (Fsp3) is 0.467. The maximum absolute atomic E-state index is 4.40. The molecule has 0 N–H and O–H groups in total. The lowest BCUT2D eigenvalue weighted by Crippen LogP contribution is -2.45. The third kappa shape index (κ3) is 1.43. The van der Waals surface area contributed by atoms with Gasteiger partial charge < -0.3 is 0 Å². The van der Waals surface area contributed by atoms with Gasteiger partial charge in [-0.15, -0.1) is 0 Å². The smallest absolute Gasteiger partial charge is 0.137 e. The molecule has 2 unspecified atom stereocenters. The highest BCUT2D eigenvalue weighted by molar-refractivity contribution is 5.30. The van der Waals surface area contributed by atoms with Gasteiger partial charge >= 0.3 is 0 Å². The molecule has 3 nitrogen and oxygen atoms in total. The molecule has 0 saturated heterocycles. The van der Waals surface area contributed by atoms with E-state index in [4.69, 9.17) is 0 Å². The molecule has 0 aliphatic heterocycles. The van der Waals surface area contributed by atoms with Gasteiger partial charge in [0.1, 0.15) is 12.7 Å². The first-order valence-corrected chi connectivity index (χ1v) is 6.57. The summed E-state index contributed by atoms with van der Waals surface area (Å²) in [4.78, 5) is 4.12. The molecule has 0 bridgehead atoms. The number of hydrogen-bond acceptors (Lipinski definition) is 2. The molecule has 3 rings (SSSR count). The zero-order valence-electron chi connectivity index (χ0n) is 11.0. The van der Waals surface area contributed by atoms with Gasteiger partial charge in [-0.05, 0) is 25.3 Å². The topological polar surface area (TPSA) is 30.7 Å². The van der Waals surface area contributed by atoms with Gasteiger partial charge in [-0.2, -0.15) is 5.10 Å². The van der Waals surface area contributed by atoms with Crippen LogP contribution in [-0.2, 0) is 11.0 Å². The lowest BCUT2D eigenvalue weighted by molar-refractivity contribution is 0.179. The summed E-state index contributed by atoms with van der Waals surface area (Å²) in [5.41, 5.74) is 1.55. The second kappa shape index (κ2) is 3.94. The second-order valence-corrected chi connectivity index (χ2v) is 5.67. The quantitative estimate of drug-likeness (QED) is 0.808. The van der Waals surface area contributed by atoms with E-state index in [1.165, 1.54) is 18.4 Å². The van der Waals surface area contributed by atoms with Crippen LogP contribution >= 0.6 is 0 Å². The molecule has 3 heteroatoms. The van der Waals surface area contributed by atoms with Crippen LogP contribution in [0.2, 0.25) is 0 Å². The maximum atomic E-state index is 4.40. The van der Waals surface area contributed by atoms with Crippen LogP contribution in [0.15, 0.2) is 43.0 Å². The van der Waals surface area contributed by atoms with E-state index in [0.29, 0.717) is 0 Å². The number of nitrogens with zero attached hydrogens (tertiary/aromatic N) is 3. The van der Waals surface area contributed by atoms with Crippen molar-refractivity contribution < 1.29 is 0 Å².